The second-order valence-electron chi connectivity index (χ2n) is 9.41. The number of oxime groups is 1. The fourth-order valence-corrected chi connectivity index (χ4v) is 4.89. The average Bonchev–Trinajstić information content (AvgIpc) is 3.29. The summed E-state index contributed by atoms with van der Waals surface area (Å²) in [4.78, 5) is 32.8. The van der Waals surface area contributed by atoms with E-state index in [1.807, 2.05) is 60.7 Å². The van der Waals surface area contributed by atoms with Crippen LogP contribution in [0, 0.1) is 13.8 Å². The van der Waals surface area contributed by atoms with Gasteiger partial charge in [-0.25, -0.2) is 0 Å². The molecule has 0 aliphatic carbocycles. The smallest absolute Gasteiger partial charge is 0.254 e. The van der Waals surface area contributed by atoms with Crippen LogP contribution in [0.4, 0.5) is 0 Å². The Morgan fingerprint density at radius 3 is 2.35 bits per heavy atom. The Labute approximate surface area is 217 Å². The molecule has 1 aliphatic rings. The minimum Gasteiger partial charge on any atom is -0.399 e. The molecular weight excluding hydrogens is 466 g/mol. The van der Waals surface area contributed by atoms with Gasteiger partial charge in [-0.1, -0.05) is 65.8 Å². The van der Waals surface area contributed by atoms with E-state index >= 15 is 0 Å². The average molecular weight is 500 g/mol. The van der Waals surface area contributed by atoms with Gasteiger partial charge in [-0.15, -0.1) is 0 Å². The zero-order chi connectivity index (χ0) is 26.4. The van der Waals surface area contributed by atoms with Crippen molar-refractivity contribution in [1.82, 2.24) is 10.2 Å². The number of nitrogens with one attached hydrogen (secondary N) is 1. The van der Waals surface area contributed by atoms with Crippen molar-refractivity contribution >= 4 is 17.5 Å². The van der Waals surface area contributed by atoms with E-state index in [1.54, 1.807) is 4.90 Å². The number of benzene rings is 3. The Bertz CT molecular complexity index is 1250. The first kappa shape index (κ1) is 26.1. The van der Waals surface area contributed by atoms with Crippen LogP contribution in [0.5, 0.6) is 0 Å². The molecule has 2 amide bonds. The van der Waals surface area contributed by atoms with Crippen LogP contribution in [-0.2, 0) is 9.63 Å². The monoisotopic (exact) mass is 499 g/mol. The summed E-state index contributed by atoms with van der Waals surface area (Å²) >= 11 is 0. The Hall–Kier alpha value is -3.97. The van der Waals surface area contributed by atoms with Crippen molar-refractivity contribution in [2.75, 3.05) is 20.2 Å². The second kappa shape index (κ2) is 11.8. The number of nitrogens with zero attached hydrogens (tertiary/aromatic N) is 2. The predicted molar refractivity (Wildman–Crippen MR) is 144 cm³/mol. The summed E-state index contributed by atoms with van der Waals surface area (Å²) in [6.07, 6.45) is -0.238. The molecule has 2 N–H and O–H groups in total. The molecule has 3 aromatic carbocycles. The Balaban J connectivity index is 1.45. The van der Waals surface area contributed by atoms with Crippen molar-refractivity contribution < 1.29 is 19.5 Å². The van der Waals surface area contributed by atoms with Crippen LogP contribution in [-0.4, -0.2) is 53.8 Å². The second-order valence-corrected chi connectivity index (χ2v) is 9.41. The normalized spacial score (nSPS) is 17.0. The number of carbonyl (C=O) groups excluding carboxylic acids is 2. The topological polar surface area (TPSA) is 91.2 Å². The van der Waals surface area contributed by atoms with Crippen molar-refractivity contribution in [3.05, 3.63) is 95.1 Å². The summed E-state index contributed by atoms with van der Waals surface area (Å²) in [5.74, 6) is -0.390. The van der Waals surface area contributed by atoms with E-state index < -0.39 is 6.10 Å². The third-order valence-corrected chi connectivity index (χ3v) is 6.75. The van der Waals surface area contributed by atoms with E-state index in [0.717, 1.165) is 11.1 Å². The quantitative estimate of drug-likeness (QED) is 0.449. The zero-order valence-electron chi connectivity index (χ0n) is 21.5. The SMILES string of the molecule is CON=C1C[C@@H](CC(=O)NCC(O)c2ccccc2)N(C(=O)c2ccc(-c3c(C)cccc3C)cc2)C1. The van der Waals surface area contributed by atoms with Gasteiger partial charge in [0.05, 0.1) is 18.4 Å². The Morgan fingerprint density at radius 2 is 1.70 bits per heavy atom. The van der Waals surface area contributed by atoms with Crippen molar-refractivity contribution in [2.45, 2.75) is 38.8 Å². The summed E-state index contributed by atoms with van der Waals surface area (Å²) in [7, 11) is 1.47. The van der Waals surface area contributed by atoms with Gasteiger partial charge in [0.25, 0.3) is 5.91 Å². The molecular formula is C30H33N3O4. The third-order valence-electron chi connectivity index (χ3n) is 6.75. The van der Waals surface area contributed by atoms with Gasteiger partial charge < -0.3 is 20.2 Å². The van der Waals surface area contributed by atoms with Crippen molar-refractivity contribution in [1.29, 1.82) is 0 Å². The fourth-order valence-electron chi connectivity index (χ4n) is 4.89. The van der Waals surface area contributed by atoms with Gasteiger partial charge in [-0.2, -0.15) is 0 Å². The molecule has 0 spiro atoms. The predicted octanol–water partition coefficient (Wildman–Crippen LogP) is 4.43. The number of rotatable bonds is 8. The van der Waals surface area contributed by atoms with E-state index in [-0.39, 0.29) is 30.8 Å². The lowest BCUT2D eigenvalue weighted by Crippen LogP contribution is -2.40. The van der Waals surface area contributed by atoms with Crippen LogP contribution in [0.3, 0.4) is 0 Å². The Morgan fingerprint density at radius 1 is 1.03 bits per heavy atom. The van der Waals surface area contributed by atoms with Crippen LogP contribution < -0.4 is 5.32 Å². The van der Waals surface area contributed by atoms with E-state index in [1.165, 1.54) is 23.8 Å². The van der Waals surface area contributed by atoms with Crippen LogP contribution in [0.15, 0.2) is 78.0 Å². The molecule has 0 radical (unpaired) electrons. The number of hydrogen-bond donors (Lipinski definition) is 2. The first-order valence-electron chi connectivity index (χ1n) is 12.4. The molecule has 37 heavy (non-hydrogen) atoms. The summed E-state index contributed by atoms with van der Waals surface area (Å²) in [6.45, 7) is 4.56. The van der Waals surface area contributed by atoms with Crippen molar-refractivity contribution in [3.8, 4) is 11.1 Å². The molecule has 7 heteroatoms. The molecule has 7 nitrogen and oxygen atoms in total. The molecule has 3 aromatic rings. The number of aliphatic hydroxyl groups is 1. The van der Waals surface area contributed by atoms with Crippen molar-refractivity contribution in [2.24, 2.45) is 5.16 Å². The van der Waals surface area contributed by atoms with Gasteiger partial charge in [0.1, 0.15) is 7.11 Å². The zero-order valence-corrected chi connectivity index (χ0v) is 21.5. The first-order valence-corrected chi connectivity index (χ1v) is 12.4. The lowest BCUT2D eigenvalue weighted by atomic mass is 9.95. The molecule has 0 bridgehead atoms. The number of likely N-dealkylation sites (tertiary alicyclic amines) is 1. The molecule has 1 fully saturated rings. The van der Waals surface area contributed by atoms with E-state index in [0.29, 0.717) is 24.2 Å². The van der Waals surface area contributed by atoms with Gasteiger partial charge >= 0.3 is 0 Å². The lowest BCUT2D eigenvalue weighted by Gasteiger charge is -2.24. The van der Waals surface area contributed by atoms with Crippen LogP contribution in [0.1, 0.15) is 46.0 Å². The molecule has 1 heterocycles. The number of aliphatic hydroxyl groups excluding tert-OH is 1. The molecule has 4 rings (SSSR count). The van der Waals surface area contributed by atoms with Crippen LogP contribution >= 0.6 is 0 Å². The summed E-state index contributed by atoms with van der Waals surface area (Å²) in [5.41, 5.74) is 6.60. The number of carbonyl (C=O) groups is 2. The van der Waals surface area contributed by atoms with Gasteiger partial charge in [-0.05, 0) is 53.8 Å². The number of aryl methyl sites for hydroxylation is 2. The van der Waals surface area contributed by atoms with Gasteiger partial charge in [0.15, 0.2) is 0 Å². The maximum absolute atomic E-state index is 13.5. The highest BCUT2D eigenvalue weighted by atomic mass is 16.6. The maximum atomic E-state index is 13.5. The molecule has 192 valence electrons. The molecule has 2 atom stereocenters. The van der Waals surface area contributed by atoms with E-state index in [9.17, 15) is 14.7 Å². The van der Waals surface area contributed by atoms with Gasteiger partial charge in [0.2, 0.25) is 5.91 Å². The highest BCUT2D eigenvalue weighted by molar-refractivity contribution is 6.01. The van der Waals surface area contributed by atoms with Crippen molar-refractivity contribution in [3.63, 3.8) is 0 Å². The molecule has 1 saturated heterocycles. The number of amides is 2. The van der Waals surface area contributed by atoms with Crippen LogP contribution in [0.25, 0.3) is 11.1 Å². The summed E-state index contributed by atoms with van der Waals surface area (Å²) in [6, 6.07) is 22.6. The minimum atomic E-state index is -0.799. The highest BCUT2D eigenvalue weighted by Gasteiger charge is 2.35. The largest absolute Gasteiger partial charge is 0.399 e. The third kappa shape index (κ3) is 6.24. The lowest BCUT2D eigenvalue weighted by molar-refractivity contribution is -0.122. The minimum absolute atomic E-state index is 0.0995. The Kier molecular flexibility index (Phi) is 8.36. The highest BCUT2D eigenvalue weighted by Crippen LogP contribution is 2.28. The summed E-state index contributed by atoms with van der Waals surface area (Å²) < 4.78 is 0. The molecule has 1 unspecified atom stereocenters. The fraction of sp³-hybridized carbons (Fsp3) is 0.300. The van der Waals surface area contributed by atoms with E-state index in [4.69, 9.17) is 4.84 Å². The molecule has 0 saturated carbocycles. The standard InChI is InChI=1S/C30H33N3O4/c1-20-8-7-9-21(2)29(20)23-12-14-24(15-13-23)30(36)33-19-25(32-37-3)16-26(33)17-28(35)31-18-27(34)22-10-5-4-6-11-22/h4-15,26-27,34H,16-19H2,1-3H3,(H,31,35)/t26-,27?/m0/s1. The maximum Gasteiger partial charge on any atom is 0.254 e. The van der Waals surface area contributed by atoms with Gasteiger partial charge in [0, 0.05) is 31.0 Å². The molecule has 1 aliphatic heterocycles. The number of hydrogen-bond acceptors (Lipinski definition) is 5. The summed E-state index contributed by atoms with van der Waals surface area (Å²) in [5, 5.41) is 17.2. The van der Waals surface area contributed by atoms with Crippen LogP contribution in [0.2, 0.25) is 0 Å². The molecule has 0 aromatic heterocycles. The van der Waals surface area contributed by atoms with Gasteiger partial charge in [-0.3, -0.25) is 9.59 Å². The first-order chi connectivity index (χ1) is 17.9. The van der Waals surface area contributed by atoms with E-state index in [2.05, 4.69) is 36.5 Å².